The van der Waals surface area contributed by atoms with Gasteiger partial charge in [-0.2, -0.15) is 5.26 Å². The monoisotopic (exact) mass is 420 g/mol. The highest BCUT2D eigenvalue weighted by atomic mass is 35.5. The molecular formula is C21H22ClFN2O4. The van der Waals surface area contributed by atoms with Gasteiger partial charge in [0, 0.05) is 18.0 Å². The van der Waals surface area contributed by atoms with Gasteiger partial charge in [-0.3, -0.25) is 9.59 Å². The normalized spacial score (nSPS) is 31.5. The van der Waals surface area contributed by atoms with Crippen LogP contribution in [-0.4, -0.2) is 36.5 Å². The van der Waals surface area contributed by atoms with E-state index in [2.05, 4.69) is 11.4 Å². The third-order valence-corrected chi connectivity index (χ3v) is 6.44. The van der Waals surface area contributed by atoms with Crippen LogP contribution in [0.5, 0.6) is 5.75 Å². The van der Waals surface area contributed by atoms with E-state index in [9.17, 15) is 14.0 Å². The van der Waals surface area contributed by atoms with Crippen molar-refractivity contribution < 1.29 is 23.5 Å². The van der Waals surface area contributed by atoms with Crippen molar-refractivity contribution in [3.63, 3.8) is 0 Å². The van der Waals surface area contributed by atoms with E-state index in [4.69, 9.17) is 26.3 Å². The molecule has 1 aromatic rings. The molecule has 0 atom stereocenters. The Morgan fingerprint density at radius 3 is 2.66 bits per heavy atom. The van der Waals surface area contributed by atoms with Crippen LogP contribution in [0.3, 0.4) is 0 Å². The number of ether oxygens (including phenoxy) is 2. The van der Waals surface area contributed by atoms with Crippen molar-refractivity contribution in [2.75, 3.05) is 13.2 Å². The molecule has 4 aliphatic rings. The predicted octanol–water partition coefficient (Wildman–Crippen LogP) is 3.17. The van der Waals surface area contributed by atoms with Gasteiger partial charge in [0.15, 0.2) is 12.4 Å². The number of hydrogen-bond acceptors (Lipinski definition) is 5. The fourth-order valence-corrected chi connectivity index (χ4v) is 4.97. The van der Waals surface area contributed by atoms with Crippen molar-refractivity contribution in [2.45, 2.75) is 50.2 Å². The first kappa shape index (κ1) is 20.1. The molecule has 0 heterocycles. The Balaban J connectivity index is 1.13. The van der Waals surface area contributed by atoms with Gasteiger partial charge in [0.05, 0.1) is 23.1 Å². The van der Waals surface area contributed by atoms with E-state index in [1.165, 1.54) is 12.1 Å². The molecule has 4 saturated carbocycles. The topological polar surface area (TPSA) is 88.4 Å². The quantitative estimate of drug-likeness (QED) is 0.662. The van der Waals surface area contributed by atoms with Gasteiger partial charge in [-0.25, -0.2) is 4.39 Å². The number of halogens is 2. The minimum atomic E-state index is -0.596. The lowest BCUT2D eigenvalue weighted by Crippen LogP contribution is -2.75. The van der Waals surface area contributed by atoms with E-state index in [-0.39, 0.29) is 58.7 Å². The molecule has 1 N–H and O–H groups in total. The lowest BCUT2D eigenvalue weighted by Gasteiger charge is -2.70. The highest BCUT2D eigenvalue weighted by molar-refractivity contribution is 6.30. The standard InChI is InChI=1S/C21H22ClFN2O4/c22-17-2-1-15(5-18(17)23)29-9-19(27)25-21-10-20(11-21,12-21)6-14(26)8-28-16-3-13(4-16)7-24/h1-2,5,13,16H,3-4,6,8-12H2,(H,25,27). The van der Waals surface area contributed by atoms with Crippen LogP contribution in [0.4, 0.5) is 4.39 Å². The van der Waals surface area contributed by atoms with Crippen LogP contribution in [0.1, 0.15) is 38.5 Å². The summed E-state index contributed by atoms with van der Waals surface area (Å²) in [6.45, 7) is -0.0942. The zero-order valence-corrected chi connectivity index (χ0v) is 16.6. The van der Waals surface area contributed by atoms with Crippen molar-refractivity contribution in [1.82, 2.24) is 5.32 Å². The van der Waals surface area contributed by atoms with Gasteiger partial charge < -0.3 is 14.8 Å². The Bertz CT molecular complexity index is 858. The maximum absolute atomic E-state index is 13.4. The number of rotatable bonds is 9. The highest BCUT2D eigenvalue weighted by Crippen LogP contribution is 2.69. The summed E-state index contributed by atoms with van der Waals surface area (Å²) in [4.78, 5) is 24.3. The molecular weight excluding hydrogens is 399 g/mol. The van der Waals surface area contributed by atoms with Crippen LogP contribution in [0.2, 0.25) is 5.02 Å². The number of carbonyl (C=O) groups is 2. The second kappa shape index (κ2) is 7.58. The molecule has 0 aromatic heterocycles. The Morgan fingerprint density at radius 1 is 1.28 bits per heavy atom. The molecule has 5 rings (SSSR count). The van der Waals surface area contributed by atoms with Crippen LogP contribution in [0.15, 0.2) is 18.2 Å². The number of nitrogens with zero attached hydrogens (tertiary/aromatic N) is 1. The minimum Gasteiger partial charge on any atom is -0.484 e. The van der Waals surface area contributed by atoms with Gasteiger partial charge in [-0.05, 0) is 49.7 Å². The second-order valence-corrected chi connectivity index (χ2v) is 9.08. The number of benzene rings is 1. The van der Waals surface area contributed by atoms with E-state index in [0.29, 0.717) is 6.42 Å². The second-order valence-electron chi connectivity index (χ2n) is 8.67. The first-order valence-corrected chi connectivity index (χ1v) is 10.1. The number of nitrogens with one attached hydrogen (secondary N) is 1. The van der Waals surface area contributed by atoms with Gasteiger partial charge in [0.1, 0.15) is 18.2 Å². The Labute approximate surface area is 173 Å². The maximum atomic E-state index is 13.4. The van der Waals surface area contributed by atoms with Gasteiger partial charge in [0.25, 0.3) is 5.91 Å². The average Bonchev–Trinajstić information content (AvgIpc) is 2.58. The third kappa shape index (κ3) is 4.24. The fourth-order valence-electron chi connectivity index (χ4n) is 4.85. The van der Waals surface area contributed by atoms with E-state index < -0.39 is 5.82 Å². The summed E-state index contributed by atoms with van der Waals surface area (Å²) in [5.41, 5.74) is -0.247. The van der Waals surface area contributed by atoms with E-state index in [1.807, 2.05) is 0 Å². The van der Waals surface area contributed by atoms with Gasteiger partial charge in [-0.15, -0.1) is 0 Å². The summed E-state index contributed by atoms with van der Waals surface area (Å²) in [5, 5.41) is 11.7. The van der Waals surface area contributed by atoms with Crippen molar-refractivity contribution in [3.05, 3.63) is 29.0 Å². The SMILES string of the molecule is N#CC1CC(OCC(=O)CC23CC(NC(=O)COc4ccc(Cl)c(F)c4)(C2)C3)C1. The van der Waals surface area contributed by atoms with Crippen LogP contribution >= 0.6 is 11.6 Å². The molecule has 1 amide bonds. The summed E-state index contributed by atoms with van der Waals surface area (Å²) in [7, 11) is 0. The van der Waals surface area contributed by atoms with Crippen LogP contribution < -0.4 is 10.1 Å². The molecule has 2 bridgehead atoms. The molecule has 154 valence electrons. The molecule has 1 aromatic carbocycles. The molecule has 0 saturated heterocycles. The Morgan fingerprint density at radius 2 is 2.00 bits per heavy atom. The smallest absolute Gasteiger partial charge is 0.258 e. The van der Waals surface area contributed by atoms with Gasteiger partial charge >= 0.3 is 0 Å². The first-order valence-electron chi connectivity index (χ1n) is 9.72. The largest absolute Gasteiger partial charge is 0.484 e. The number of carbonyl (C=O) groups excluding carboxylic acids is 2. The lowest BCUT2D eigenvalue weighted by atomic mass is 9.38. The number of nitriles is 1. The van der Waals surface area contributed by atoms with Crippen LogP contribution in [0, 0.1) is 28.5 Å². The molecule has 29 heavy (non-hydrogen) atoms. The molecule has 0 aliphatic heterocycles. The van der Waals surface area contributed by atoms with Gasteiger partial charge in [0.2, 0.25) is 0 Å². The summed E-state index contributed by atoms with van der Waals surface area (Å²) < 4.78 is 24.3. The van der Waals surface area contributed by atoms with E-state index in [1.54, 1.807) is 0 Å². The lowest BCUT2D eigenvalue weighted by molar-refractivity contribution is -0.175. The summed E-state index contributed by atoms with van der Waals surface area (Å²) in [6.07, 6.45) is 4.30. The zero-order chi connectivity index (χ0) is 20.6. The summed E-state index contributed by atoms with van der Waals surface area (Å²) in [5.74, 6) is -0.464. The number of hydrogen-bond donors (Lipinski definition) is 1. The van der Waals surface area contributed by atoms with E-state index in [0.717, 1.165) is 38.2 Å². The van der Waals surface area contributed by atoms with Crippen molar-refractivity contribution in [2.24, 2.45) is 11.3 Å². The number of amides is 1. The molecule has 0 radical (unpaired) electrons. The first-order chi connectivity index (χ1) is 13.8. The Hall–Kier alpha value is -2.17. The van der Waals surface area contributed by atoms with Gasteiger partial charge in [-0.1, -0.05) is 11.6 Å². The highest BCUT2D eigenvalue weighted by Gasteiger charge is 2.68. The molecule has 8 heteroatoms. The molecule has 0 unspecified atom stereocenters. The number of Topliss-reactive ketones (excluding diaryl/α,β-unsaturated/α-hetero) is 1. The number of ketones is 1. The molecule has 4 aliphatic carbocycles. The zero-order valence-electron chi connectivity index (χ0n) is 15.9. The molecule has 0 spiro atoms. The molecule has 4 fully saturated rings. The third-order valence-electron chi connectivity index (χ3n) is 6.14. The van der Waals surface area contributed by atoms with Crippen LogP contribution in [-0.2, 0) is 14.3 Å². The predicted molar refractivity (Wildman–Crippen MR) is 102 cm³/mol. The minimum absolute atomic E-state index is 0.0000346. The van der Waals surface area contributed by atoms with Crippen LogP contribution in [0.25, 0.3) is 0 Å². The fraction of sp³-hybridized carbons (Fsp3) is 0.571. The summed E-state index contributed by atoms with van der Waals surface area (Å²) in [6, 6.07) is 6.22. The van der Waals surface area contributed by atoms with Crippen molar-refractivity contribution in [1.29, 1.82) is 5.26 Å². The van der Waals surface area contributed by atoms with Crippen molar-refractivity contribution >= 4 is 23.3 Å². The Kier molecular flexibility index (Phi) is 5.26. The maximum Gasteiger partial charge on any atom is 0.258 e. The van der Waals surface area contributed by atoms with Crippen molar-refractivity contribution in [3.8, 4) is 11.8 Å². The van der Waals surface area contributed by atoms with E-state index >= 15 is 0 Å². The summed E-state index contributed by atoms with van der Waals surface area (Å²) >= 11 is 5.62. The molecule has 6 nitrogen and oxygen atoms in total. The average molecular weight is 421 g/mol.